The van der Waals surface area contributed by atoms with Crippen LogP contribution in [0.15, 0.2) is 36.4 Å². The van der Waals surface area contributed by atoms with E-state index in [0.717, 1.165) is 13.2 Å². The lowest BCUT2D eigenvalue weighted by Gasteiger charge is -2.16. The Labute approximate surface area is 141 Å². The van der Waals surface area contributed by atoms with Crippen molar-refractivity contribution >= 4 is 45.2 Å². The number of halogens is 5. The van der Waals surface area contributed by atoms with E-state index in [0.29, 0.717) is 11.3 Å². The van der Waals surface area contributed by atoms with E-state index < -0.39 is 11.7 Å². The largest absolute Gasteiger partial charge is 0.496 e. The van der Waals surface area contributed by atoms with Gasteiger partial charge in [0.1, 0.15) is 5.75 Å². The van der Waals surface area contributed by atoms with Crippen molar-refractivity contribution in [1.82, 2.24) is 0 Å². The third-order valence-corrected chi connectivity index (χ3v) is 4.08. The SMILES string of the molecule is COc1ccc(I)cc1-c1cc(I)ccc1C(F)(F)F. The molecule has 6 heteroatoms. The zero-order valence-corrected chi connectivity index (χ0v) is 14.6. The van der Waals surface area contributed by atoms with Crippen LogP contribution in [-0.2, 0) is 6.18 Å². The lowest BCUT2D eigenvalue weighted by atomic mass is 9.98. The van der Waals surface area contributed by atoms with E-state index in [1.807, 2.05) is 22.6 Å². The summed E-state index contributed by atoms with van der Waals surface area (Å²) in [4.78, 5) is 0. The molecule has 0 fully saturated rings. The van der Waals surface area contributed by atoms with Gasteiger partial charge >= 0.3 is 6.18 Å². The molecule has 0 amide bonds. The van der Waals surface area contributed by atoms with Crippen LogP contribution in [0.25, 0.3) is 11.1 Å². The maximum atomic E-state index is 13.2. The van der Waals surface area contributed by atoms with E-state index in [4.69, 9.17) is 4.74 Å². The van der Waals surface area contributed by atoms with Gasteiger partial charge in [0.25, 0.3) is 0 Å². The zero-order valence-electron chi connectivity index (χ0n) is 10.3. The minimum Gasteiger partial charge on any atom is -0.496 e. The van der Waals surface area contributed by atoms with Gasteiger partial charge in [0.15, 0.2) is 0 Å². The maximum Gasteiger partial charge on any atom is 0.417 e. The van der Waals surface area contributed by atoms with E-state index in [-0.39, 0.29) is 5.56 Å². The van der Waals surface area contributed by atoms with E-state index in [2.05, 4.69) is 22.6 Å². The number of hydrogen-bond acceptors (Lipinski definition) is 1. The second-order valence-electron chi connectivity index (χ2n) is 4.03. The summed E-state index contributed by atoms with van der Waals surface area (Å²) in [6, 6.07) is 9.25. The summed E-state index contributed by atoms with van der Waals surface area (Å²) in [5, 5.41) is 0. The van der Waals surface area contributed by atoms with Crippen molar-refractivity contribution in [2.45, 2.75) is 6.18 Å². The summed E-state index contributed by atoms with van der Waals surface area (Å²) >= 11 is 4.07. The van der Waals surface area contributed by atoms with Gasteiger partial charge in [-0.3, -0.25) is 0 Å². The summed E-state index contributed by atoms with van der Waals surface area (Å²) < 4.78 is 46.3. The van der Waals surface area contributed by atoms with Gasteiger partial charge in [-0.05, 0) is 87.1 Å². The first-order valence-electron chi connectivity index (χ1n) is 5.53. The molecule has 0 unspecified atom stereocenters. The fourth-order valence-corrected chi connectivity index (χ4v) is 2.86. The zero-order chi connectivity index (χ0) is 14.9. The number of hydrogen-bond donors (Lipinski definition) is 0. The van der Waals surface area contributed by atoms with Crippen molar-refractivity contribution in [3.8, 4) is 16.9 Å². The smallest absolute Gasteiger partial charge is 0.417 e. The summed E-state index contributed by atoms with van der Waals surface area (Å²) in [5.74, 6) is 0.429. The highest BCUT2D eigenvalue weighted by atomic mass is 127. The summed E-state index contributed by atoms with van der Waals surface area (Å²) in [7, 11) is 1.45. The molecule has 0 radical (unpaired) electrons. The Morgan fingerprint density at radius 1 is 0.900 bits per heavy atom. The molecule has 0 saturated carbocycles. The third kappa shape index (κ3) is 3.38. The molecule has 0 aliphatic rings. The lowest BCUT2D eigenvalue weighted by molar-refractivity contribution is -0.137. The Kier molecular flexibility index (Phi) is 4.83. The highest BCUT2D eigenvalue weighted by molar-refractivity contribution is 14.1. The monoisotopic (exact) mass is 504 g/mol. The predicted octanol–water partition coefficient (Wildman–Crippen LogP) is 5.59. The van der Waals surface area contributed by atoms with Crippen LogP contribution in [0.5, 0.6) is 5.75 Å². The minimum absolute atomic E-state index is 0.139. The lowest BCUT2D eigenvalue weighted by Crippen LogP contribution is -2.07. The molecule has 0 atom stereocenters. The molecule has 0 saturated heterocycles. The Hall–Kier alpha value is -0.510. The van der Waals surface area contributed by atoms with Crippen LogP contribution in [0.3, 0.4) is 0 Å². The second kappa shape index (κ2) is 6.08. The fourth-order valence-electron chi connectivity index (χ4n) is 1.88. The van der Waals surface area contributed by atoms with Crippen LogP contribution in [0.4, 0.5) is 13.2 Å². The van der Waals surface area contributed by atoms with Gasteiger partial charge in [-0.1, -0.05) is 0 Å². The van der Waals surface area contributed by atoms with E-state index in [1.165, 1.54) is 19.2 Å². The molecule has 2 rings (SSSR count). The van der Waals surface area contributed by atoms with Crippen LogP contribution in [0, 0.1) is 7.14 Å². The van der Waals surface area contributed by atoms with Gasteiger partial charge in [-0.25, -0.2) is 0 Å². The summed E-state index contributed by atoms with van der Waals surface area (Å²) in [6.45, 7) is 0. The fraction of sp³-hybridized carbons (Fsp3) is 0.143. The number of rotatable bonds is 2. The van der Waals surface area contributed by atoms with Crippen LogP contribution >= 0.6 is 45.2 Å². The van der Waals surface area contributed by atoms with Gasteiger partial charge in [-0.15, -0.1) is 0 Å². The van der Waals surface area contributed by atoms with E-state index >= 15 is 0 Å². The standard InChI is InChI=1S/C14H9F3I2O/c1-20-13-5-3-9(19)7-11(13)10-6-8(18)2-4-12(10)14(15,16)17/h2-7H,1H3. The molecular formula is C14H9F3I2O. The molecule has 20 heavy (non-hydrogen) atoms. The summed E-state index contributed by atoms with van der Waals surface area (Å²) in [5.41, 5.74) is -0.0665. The number of methoxy groups -OCH3 is 1. The topological polar surface area (TPSA) is 9.23 Å². The van der Waals surface area contributed by atoms with Gasteiger partial charge < -0.3 is 4.74 Å². The number of benzene rings is 2. The molecule has 0 aliphatic carbocycles. The third-order valence-electron chi connectivity index (χ3n) is 2.74. The minimum atomic E-state index is -4.40. The van der Waals surface area contributed by atoms with E-state index in [9.17, 15) is 13.2 Å². The van der Waals surface area contributed by atoms with E-state index in [1.54, 1.807) is 18.2 Å². The van der Waals surface area contributed by atoms with Crippen molar-refractivity contribution in [3.63, 3.8) is 0 Å². The van der Waals surface area contributed by atoms with Crippen molar-refractivity contribution in [3.05, 3.63) is 49.1 Å². The maximum absolute atomic E-state index is 13.2. The Morgan fingerprint density at radius 3 is 2.00 bits per heavy atom. The Bertz CT molecular complexity index is 639. The molecule has 0 spiro atoms. The normalized spacial score (nSPS) is 11.5. The number of alkyl halides is 3. The molecule has 0 aromatic heterocycles. The predicted molar refractivity (Wildman–Crippen MR) is 88.9 cm³/mol. The molecule has 2 aromatic carbocycles. The Morgan fingerprint density at radius 2 is 1.45 bits per heavy atom. The van der Waals surface area contributed by atoms with Crippen LogP contribution < -0.4 is 4.74 Å². The number of ether oxygens (including phenoxy) is 1. The highest BCUT2D eigenvalue weighted by Gasteiger charge is 2.34. The first-order valence-corrected chi connectivity index (χ1v) is 7.69. The molecule has 106 valence electrons. The van der Waals surface area contributed by atoms with Crippen LogP contribution in [-0.4, -0.2) is 7.11 Å². The quantitative estimate of drug-likeness (QED) is 0.485. The van der Waals surface area contributed by atoms with Crippen molar-refractivity contribution in [2.75, 3.05) is 7.11 Å². The molecule has 1 nitrogen and oxygen atoms in total. The molecule has 0 N–H and O–H groups in total. The van der Waals surface area contributed by atoms with Crippen LogP contribution in [0.2, 0.25) is 0 Å². The van der Waals surface area contributed by atoms with Crippen molar-refractivity contribution < 1.29 is 17.9 Å². The first-order chi connectivity index (χ1) is 9.32. The molecule has 2 aromatic rings. The molecule has 0 bridgehead atoms. The highest BCUT2D eigenvalue weighted by Crippen LogP contribution is 2.41. The molecule has 0 aliphatic heterocycles. The second-order valence-corrected chi connectivity index (χ2v) is 6.52. The average Bonchev–Trinajstić information content (AvgIpc) is 2.37. The summed E-state index contributed by atoms with van der Waals surface area (Å²) in [6.07, 6.45) is -4.40. The van der Waals surface area contributed by atoms with Crippen molar-refractivity contribution in [1.29, 1.82) is 0 Å². The molecule has 0 heterocycles. The molecular weight excluding hydrogens is 495 g/mol. The van der Waals surface area contributed by atoms with Gasteiger partial charge in [-0.2, -0.15) is 13.2 Å². The average molecular weight is 504 g/mol. The van der Waals surface area contributed by atoms with Gasteiger partial charge in [0.2, 0.25) is 0 Å². The van der Waals surface area contributed by atoms with Crippen molar-refractivity contribution in [2.24, 2.45) is 0 Å². The van der Waals surface area contributed by atoms with Gasteiger partial charge in [0.05, 0.1) is 12.7 Å². The van der Waals surface area contributed by atoms with Gasteiger partial charge in [0, 0.05) is 12.7 Å². The van der Waals surface area contributed by atoms with Crippen LogP contribution in [0.1, 0.15) is 5.56 Å². The first kappa shape index (κ1) is 15.9. The Balaban J connectivity index is 2.75.